The highest BCUT2D eigenvalue weighted by atomic mass is 35.5. The number of hydrogen-bond donors (Lipinski definition) is 2. The van der Waals surface area contributed by atoms with Crippen LogP contribution < -0.4 is 15.8 Å². The Morgan fingerprint density at radius 1 is 1.16 bits per heavy atom. The van der Waals surface area contributed by atoms with Crippen molar-refractivity contribution in [2.45, 2.75) is 31.7 Å². The van der Waals surface area contributed by atoms with Crippen LogP contribution in [0.15, 0.2) is 48.5 Å². The lowest BCUT2D eigenvalue weighted by Gasteiger charge is -2.26. The largest absolute Gasteiger partial charge is 0.455 e. The number of nitrogens with one attached hydrogen (secondary N) is 1. The highest BCUT2D eigenvalue weighted by molar-refractivity contribution is 5.94. The third-order valence-corrected chi connectivity index (χ3v) is 4.26. The molecule has 25 heavy (non-hydrogen) atoms. The highest BCUT2D eigenvalue weighted by Gasteiger charge is 2.26. The van der Waals surface area contributed by atoms with E-state index in [2.05, 4.69) is 5.32 Å². The average molecular weight is 365 g/mol. The minimum absolute atomic E-state index is 0. The topological polar surface area (TPSA) is 64.4 Å². The summed E-state index contributed by atoms with van der Waals surface area (Å²) in [7, 11) is 0. The van der Waals surface area contributed by atoms with Gasteiger partial charge in [0.2, 0.25) is 5.91 Å². The Hall–Kier alpha value is -2.11. The molecule has 1 fully saturated rings. The molecule has 134 valence electrons. The second kappa shape index (κ2) is 8.83. The Morgan fingerprint density at radius 2 is 1.92 bits per heavy atom. The lowest BCUT2D eigenvalue weighted by Crippen LogP contribution is -2.34. The molecule has 6 heteroatoms. The molecule has 4 nitrogen and oxygen atoms in total. The van der Waals surface area contributed by atoms with Gasteiger partial charge in [0.15, 0.2) is 5.75 Å². The van der Waals surface area contributed by atoms with Crippen molar-refractivity contribution in [2.75, 3.05) is 5.32 Å². The lowest BCUT2D eigenvalue weighted by atomic mass is 9.85. The van der Waals surface area contributed by atoms with E-state index in [4.69, 9.17) is 10.5 Å². The number of rotatable bonds is 4. The summed E-state index contributed by atoms with van der Waals surface area (Å²) in [5.74, 6) is 0.344. The maximum Gasteiger partial charge on any atom is 0.227 e. The Kier molecular flexibility index (Phi) is 6.79. The maximum atomic E-state index is 13.6. The van der Waals surface area contributed by atoms with Gasteiger partial charge in [0.05, 0.1) is 5.69 Å². The zero-order chi connectivity index (χ0) is 16.9. The molecule has 0 radical (unpaired) electrons. The van der Waals surface area contributed by atoms with Crippen LogP contribution in [0.2, 0.25) is 0 Å². The van der Waals surface area contributed by atoms with Gasteiger partial charge in [-0.15, -0.1) is 12.4 Å². The Balaban J connectivity index is 0.00000225. The van der Waals surface area contributed by atoms with Crippen molar-refractivity contribution in [3.05, 3.63) is 54.3 Å². The molecular formula is C19H22ClFN2O2. The van der Waals surface area contributed by atoms with Crippen molar-refractivity contribution >= 4 is 24.0 Å². The summed E-state index contributed by atoms with van der Waals surface area (Å²) in [4.78, 5) is 12.5. The first kappa shape index (κ1) is 19.2. The maximum absolute atomic E-state index is 13.6. The number of hydrogen-bond acceptors (Lipinski definition) is 3. The summed E-state index contributed by atoms with van der Waals surface area (Å²) in [5.41, 5.74) is 6.28. The zero-order valence-corrected chi connectivity index (χ0v) is 14.6. The summed E-state index contributed by atoms with van der Waals surface area (Å²) in [6.45, 7) is 0. The van der Waals surface area contributed by atoms with Gasteiger partial charge in [-0.1, -0.05) is 24.6 Å². The number of benzene rings is 2. The van der Waals surface area contributed by atoms with Crippen LogP contribution >= 0.6 is 12.4 Å². The van der Waals surface area contributed by atoms with Crippen LogP contribution in [-0.4, -0.2) is 11.9 Å². The standard InChI is InChI=1S/C19H21FN2O2.ClH/c20-14-9-10-18(24-16-7-2-1-3-8-16)17(12-14)22-19(23)13-5-4-6-15(21)11-13;/h1-3,7-10,12-13,15H,4-6,11,21H2,(H,22,23);1H. The smallest absolute Gasteiger partial charge is 0.227 e. The van der Waals surface area contributed by atoms with Crippen molar-refractivity contribution < 1.29 is 13.9 Å². The fourth-order valence-electron chi connectivity index (χ4n) is 3.00. The van der Waals surface area contributed by atoms with E-state index in [-0.39, 0.29) is 30.3 Å². The number of carbonyl (C=O) groups excluding carboxylic acids is 1. The van der Waals surface area contributed by atoms with E-state index in [9.17, 15) is 9.18 Å². The van der Waals surface area contributed by atoms with Gasteiger partial charge in [-0.05, 0) is 43.5 Å². The molecule has 0 heterocycles. The molecule has 1 amide bonds. The number of halogens is 2. The molecule has 0 aliphatic heterocycles. The third-order valence-electron chi connectivity index (χ3n) is 4.26. The van der Waals surface area contributed by atoms with Crippen LogP contribution in [0.1, 0.15) is 25.7 Å². The number of amides is 1. The van der Waals surface area contributed by atoms with Crippen molar-refractivity contribution in [3.8, 4) is 11.5 Å². The van der Waals surface area contributed by atoms with Gasteiger partial charge in [-0.2, -0.15) is 0 Å². The number of ether oxygens (including phenoxy) is 1. The second-order valence-electron chi connectivity index (χ2n) is 6.17. The summed E-state index contributed by atoms with van der Waals surface area (Å²) in [6, 6.07) is 13.3. The average Bonchev–Trinajstić information content (AvgIpc) is 2.58. The molecule has 0 saturated heterocycles. The molecule has 2 atom stereocenters. The van der Waals surface area contributed by atoms with Crippen LogP contribution in [0.25, 0.3) is 0 Å². The molecule has 2 unspecified atom stereocenters. The first-order valence-corrected chi connectivity index (χ1v) is 8.21. The zero-order valence-electron chi connectivity index (χ0n) is 13.8. The van der Waals surface area contributed by atoms with Crippen molar-refractivity contribution in [2.24, 2.45) is 11.7 Å². The van der Waals surface area contributed by atoms with Crippen LogP contribution in [-0.2, 0) is 4.79 Å². The molecule has 1 aliphatic rings. The number of anilines is 1. The second-order valence-corrected chi connectivity index (χ2v) is 6.17. The van der Waals surface area contributed by atoms with Gasteiger partial charge in [0.1, 0.15) is 11.6 Å². The molecule has 1 saturated carbocycles. The minimum Gasteiger partial charge on any atom is -0.455 e. The van der Waals surface area contributed by atoms with Crippen LogP contribution in [0, 0.1) is 11.7 Å². The van der Waals surface area contributed by atoms with Gasteiger partial charge >= 0.3 is 0 Å². The summed E-state index contributed by atoms with van der Waals surface area (Å²) in [5, 5.41) is 2.80. The summed E-state index contributed by atoms with van der Waals surface area (Å²) < 4.78 is 19.4. The quantitative estimate of drug-likeness (QED) is 0.839. The highest BCUT2D eigenvalue weighted by Crippen LogP contribution is 2.32. The third kappa shape index (κ3) is 5.18. The number of carbonyl (C=O) groups is 1. The Bertz CT molecular complexity index is 712. The number of para-hydroxylation sites is 1. The molecule has 0 spiro atoms. The van der Waals surface area contributed by atoms with Crippen molar-refractivity contribution in [1.82, 2.24) is 0 Å². The summed E-state index contributed by atoms with van der Waals surface area (Å²) in [6.07, 6.45) is 3.36. The Labute approximate surface area is 153 Å². The summed E-state index contributed by atoms with van der Waals surface area (Å²) >= 11 is 0. The van der Waals surface area contributed by atoms with Crippen molar-refractivity contribution in [1.29, 1.82) is 0 Å². The van der Waals surface area contributed by atoms with Crippen LogP contribution in [0.5, 0.6) is 11.5 Å². The van der Waals surface area contributed by atoms with E-state index in [1.165, 1.54) is 18.2 Å². The normalized spacial score (nSPS) is 19.6. The predicted octanol–water partition coefficient (Wildman–Crippen LogP) is 4.50. The first-order valence-electron chi connectivity index (χ1n) is 8.21. The molecule has 3 rings (SSSR count). The van der Waals surface area contributed by atoms with E-state index >= 15 is 0 Å². The molecule has 2 aromatic rings. The van der Waals surface area contributed by atoms with E-state index in [1.807, 2.05) is 18.2 Å². The van der Waals surface area contributed by atoms with Gasteiger partial charge in [0.25, 0.3) is 0 Å². The predicted molar refractivity (Wildman–Crippen MR) is 98.7 cm³/mol. The van der Waals surface area contributed by atoms with Gasteiger partial charge < -0.3 is 15.8 Å². The molecular weight excluding hydrogens is 343 g/mol. The fourth-order valence-corrected chi connectivity index (χ4v) is 3.00. The number of nitrogens with two attached hydrogens (primary N) is 1. The first-order chi connectivity index (χ1) is 11.6. The monoisotopic (exact) mass is 364 g/mol. The van der Waals surface area contributed by atoms with E-state index < -0.39 is 5.82 Å². The minimum atomic E-state index is -0.425. The van der Waals surface area contributed by atoms with E-state index in [1.54, 1.807) is 12.1 Å². The lowest BCUT2D eigenvalue weighted by molar-refractivity contribution is -0.120. The fraction of sp³-hybridized carbons (Fsp3) is 0.316. The SMILES string of the molecule is Cl.NC1CCCC(C(=O)Nc2cc(F)ccc2Oc2ccccc2)C1. The van der Waals surface area contributed by atoms with Gasteiger partial charge in [-0.3, -0.25) is 4.79 Å². The molecule has 0 aromatic heterocycles. The van der Waals surface area contributed by atoms with E-state index in [0.717, 1.165) is 19.3 Å². The Morgan fingerprint density at radius 3 is 2.64 bits per heavy atom. The van der Waals surface area contributed by atoms with Gasteiger partial charge in [-0.25, -0.2) is 4.39 Å². The molecule has 2 aromatic carbocycles. The molecule has 3 N–H and O–H groups in total. The van der Waals surface area contributed by atoms with Gasteiger partial charge in [0, 0.05) is 18.0 Å². The molecule has 1 aliphatic carbocycles. The van der Waals surface area contributed by atoms with Crippen LogP contribution in [0.4, 0.5) is 10.1 Å². The van der Waals surface area contributed by atoms with E-state index in [0.29, 0.717) is 23.6 Å². The van der Waals surface area contributed by atoms with Crippen LogP contribution in [0.3, 0.4) is 0 Å². The molecule has 0 bridgehead atoms. The van der Waals surface area contributed by atoms with Crippen molar-refractivity contribution in [3.63, 3.8) is 0 Å².